The molecule has 0 bridgehead atoms. The summed E-state index contributed by atoms with van der Waals surface area (Å²) >= 11 is 0. The van der Waals surface area contributed by atoms with E-state index >= 15 is 0 Å². The molecule has 2 aliphatic rings. The van der Waals surface area contributed by atoms with Gasteiger partial charge in [-0.1, -0.05) is 110 Å². The molecular weight excluding hydrogens is 451 g/mol. The van der Waals surface area contributed by atoms with Crippen LogP contribution in [-0.2, 0) is 15.5 Å². The second-order valence-corrected chi connectivity index (χ2v) is 12.2. The number of rotatable bonds is 4. The van der Waals surface area contributed by atoms with Crippen LogP contribution in [0, 0.1) is 0 Å². The molecule has 0 atom stereocenters. The molecule has 186 valence electrons. The second kappa shape index (κ2) is 7.93. The zero-order valence-electron chi connectivity index (χ0n) is 22.7. The van der Waals surface area contributed by atoms with Gasteiger partial charge in [0.1, 0.15) is 0 Å². The molecule has 0 saturated carbocycles. The van der Waals surface area contributed by atoms with E-state index in [-0.39, 0.29) is 5.41 Å². The van der Waals surface area contributed by atoms with Gasteiger partial charge in [-0.3, -0.25) is 0 Å². The van der Waals surface area contributed by atoms with E-state index < -0.39 is 16.6 Å². The minimum Gasteiger partial charge on any atom is -0.427 e. The minimum atomic E-state index is -0.950. The highest BCUT2D eigenvalue weighted by molar-refractivity contribution is 6.47. The molecule has 0 radical (unpaired) electrons. The predicted octanol–water partition coefficient (Wildman–Crippen LogP) is 6.23. The SMILES string of the molecule is CC1(C)c2ccccc2C2(c3ccccc3-c3ccc(BOC(C)(C)C(C)(C)O)cc32)c2ccccc21. The Morgan fingerprint density at radius 3 is 1.68 bits per heavy atom. The first kappa shape index (κ1) is 24.2. The van der Waals surface area contributed by atoms with E-state index in [0.717, 1.165) is 5.46 Å². The van der Waals surface area contributed by atoms with Gasteiger partial charge in [0.2, 0.25) is 0 Å². The largest absolute Gasteiger partial charge is 0.427 e. The first-order valence-corrected chi connectivity index (χ1v) is 13.3. The van der Waals surface area contributed by atoms with Gasteiger partial charge in [-0.05, 0) is 72.2 Å². The van der Waals surface area contributed by atoms with Gasteiger partial charge in [0.15, 0.2) is 0 Å². The molecule has 0 aromatic heterocycles. The van der Waals surface area contributed by atoms with Crippen LogP contribution in [-0.4, -0.2) is 23.8 Å². The third kappa shape index (κ3) is 3.27. The molecule has 6 rings (SSSR count). The second-order valence-electron chi connectivity index (χ2n) is 12.2. The van der Waals surface area contributed by atoms with Crippen LogP contribution in [0.3, 0.4) is 0 Å². The summed E-state index contributed by atoms with van der Waals surface area (Å²) in [6.07, 6.45) is 0. The minimum absolute atomic E-state index is 0.104. The first-order chi connectivity index (χ1) is 17.5. The molecule has 0 unspecified atom stereocenters. The average Bonchev–Trinajstić information content (AvgIpc) is 3.16. The normalized spacial score (nSPS) is 16.5. The maximum Gasteiger partial charge on any atom is 0.309 e. The van der Waals surface area contributed by atoms with Crippen LogP contribution in [0.2, 0.25) is 0 Å². The molecule has 0 aliphatic heterocycles. The third-order valence-corrected chi connectivity index (χ3v) is 9.19. The zero-order valence-corrected chi connectivity index (χ0v) is 22.7. The highest BCUT2D eigenvalue weighted by atomic mass is 16.5. The van der Waals surface area contributed by atoms with Gasteiger partial charge in [0.05, 0.1) is 16.6 Å². The standard InChI is InChI=1S/C34H35BO2/c1-31(2)26-15-9-11-17-28(26)34(29-18-12-10-16-27(29)31)25-14-8-7-13-23(25)24-20-19-22(21-30(24)34)35-37-33(5,6)32(3,4)36/h7-21,35-36H,1-6H3. The van der Waals surface area contributed by atoms with Crippen LogP contribution < -0.4 is 5.46 Å². The fourth-order valence-electron chi connectivity index (χ4n) is 6.44. The van der Waals surface area contributed by atoms with Gasteiger partial charge >= 0.3 is 7.48 Å². The predicted molar refractivity (Wildman–Crippen MR) is 154 cm³/mol. The maximum absolute atomic E-state index is 10.6. The van der Waals surface area contributed by atoms with Crippen molar-refractivity contribution < 1.29 is 9.76 Å². The average molecular weight is 486 g/mol. The Morgan fingerprint density at radius 1 is 0.622 bits per heavy atom. The summed E-state index contributed by atoms with van der Waals surface area (Å²) in [7, 11) is 0.436. The van der Waals surface area contributed by atoms with E-state index in [2.05, 4.69) is 105 Å². The van der Waals surface area contributed by atoms with Crippen LogP contribution in [0.1, 0.15) is 74.9 Å². The fraction of sp³-hybridized carbons (Fsp3) is 0.294. The Labute approximate surface area is 221 Å². The van der Waals surface area contributed by atoms with E-state index in [9.17, 15) is 5.11 Å². The molecule has 1 spiro atoms. The molecule has 37 heavy (non-hydrogen) atoms. The summed E-state index contributed by atoms with van der Waals surface area (Å²) in [6, 6.07) is 33.7. The zero-order chi connectivity index (χ0) is 26.2. The lowest BCUT2D eigenvalue weighted by molar-refractivity contribution is -0.0893. The monoisotopic (exact) mass is 486 g/mol. The van der Waals surface area contributed by atoms with Gasteiger partial charge < -0.3 is 9.76 Å². The van der Waals surface area contributed by atoms with E-state index in [1.807, 2.05) is 13.8 Å². The molecule has 2 aliphatic carbocycles. The summed E-state index contributed by atoms with van der Waals surface area (Å²) < 4.78 is 6.31. The molecule has 3 heteroatoms. The van der Waals surface area contributed by atoms with E-state index in [1.54, 1.807) is 13.8 Å². The van der Waals surface area contributed by atoms with E-state index in [1.165, 1.54) is 44.5 Å². The van der Waals surface area contributed by atoms with Crippen molar-refractivity contribution in [1.82, 2.24) is 0 Å². The summed E-state index contributed by atoms with van der Waals surface area (Å²) in [4.78, 5) is 0. The summed E-state index contributed by atoms with van der Waals surface area (Å²) in [6.45, 7) is 12.2. The van der Waals surface area contributed by atoms with Crippen molar-refractivity contribution in [2.45, 2.75) is 63.6 Å². The molecule has 4 aromatic carbocycles. The molecule has 0 fully saturated rings. The molecule has 0 saturated heterocycles. The third-order valence-electron chi connectivity index (χ3n) is 9.19. The molecule has 0 heterocycles. The topological polar surface area (TPSA) is 29.5 Å². The van der Waals surface area contributed by atoms with Crippen molar-refractivity contribution in [2.75, 3.05) is 0 Å². The molecule has 1 N–H and O–H groups in total. The Hall–Kier alpha value is -3.14. The van der Waals surface area contributed by atoms with Crippen LogP contribution in [0.5, 0.6) is 0 Å². The smallest absolute Gasteiger partial charge is 0.309 e. The molecule has 2 nitrogen and oxygen atoms in total. The van der Waals surface area contributed by atoms with Crippen LogP contribution in [0.4, 0.5) is 0 Å². The lowest BCUT2D eigenvalue weighted by Gasteiger charge is -2.46. The Kier molecular flexibility index (Phi) is 5.19. The maximum atomic E-state index is 10.6. The van der Waals surface area contributed by atoms with Crippen LogP contribution in [0.25, 0.3) is 11.1 Å². The van der Waals surface area contributed by atoms with Crippen molar-refractivity contribution >= 4 is 12.9 Å². The highest BCUT2D eigenvalue weighted by Gasteiger charge is 2.53. The lowest BCUT2D eigenvalue weighted by atomic mass is 9.55. The Morgan fingerprint density at radius 2 is 1.11 bits per heavy atom. The molecule has 4 aromatic rings. The number of aliphatic hydroxyl groups is 1. The summed E-state index contributed by atoms with van der Waals surface area (Å²) in [5, 5.41) is 10.6. The summed E-state index contributed by atoms with van der Waals surface area (Å²) in [5.74, 6) is 0. The highest BCUT2D eigenvalue weighted by Crippen LogP contribution is 2.61. The molecule has 0 amide bonds. The lowest BCUT2D eigenvalue weighted by Crippen LogP contribution is -2.49. The van der Waals surface area contributed by atoms with Crippen molar-refractivity contribution in [3.63, 3.8) is 0 Å². The van der Waals surface area contributed by atoms with Crippen LogP contribution in [0.15, 0.2) is 91.0 Å². The molecular formula is C34H35BO2. The van der Waals surface area contributed by atoms with Crippen LogP contribution >= 0.6 is 0 Å². The van der Waals surface area contributed by atoms with Gasteiger partial charge in [-0.25, -0.2) is 0 Å². The quantitative estimate of drug-likeness (QED) is 0.305. The Bertz CT molecular complexity index is 1470. The van der Waals surface area contributed by atoms with E-state index in [4.69, 9.17) is 4.65 Å². The number of fused-ring (bicyclic) bond motifs is 9. The summed E-state index contributed by atoms with van der Waals surface area (Å²) in [5.41, 5.74) is 9.70. The van der Waals surface area contributed by atoms with Gasteiger partial charge in [-0.15, -0.1) is 0 Å². The van der Waals surface area contributed by atoms with E-state index in [0.29, 0.717) is 7.48 Å². The number of hydrogen-bond donors (Lipinski definition) is 1. The van der Waals surface area contributed by atoms with Gasteiger partial charge in [0.25, 0.3) is 0 Å². The van der Waals surface area contributed by atoms with Crippen molar-refractivity contribution in [2.24, 2.45) is 0 Å². The number of benzene rings is 4. The fourth-order valence-corrected chi connectivity index (χ4v) is 6.44. The van der Waals surface area contributed by atoms with Crippen molar-refractivity contribution in [3.8, 4) is 11.1 Å². The van der Waals surface area contributed by atoms with Gasteiger partial charge in [-0.2, -0.15) is 0 Å². The Balaban J connectivity index is 1.63. The first-order valence-electron chi connectivity index (χ1n) is 13.3. The van der Waals surface area contributed by atoms with Crippen molar-refractivity contribution in [3.05, 3.63) is 124 Å². The van der Waals surface area contributed by atoms with Gasteiger partial charge in [0, 0.05) is 5.41 Å². The number of hydrogen-bond acceptors (Lipinski definition) is 2. The van der Waals surface area contributed by atoms with Crippen molar-refractivity contribution in [1.29, 1.82) is 0 Å².